The minimum Gasteiger partial charge on any atom is -0.502 e. The van der Waals surface area contributed by atoms with Gasteiger partial charge in [0.05, 0.1) is 0 Å². The molecule has 0 saturated heterocycles. The van der Waals surface area contributed by atoms with E-state index in [1.54, 1.807) is 0 Å². The third kappa shape index (κ3) is 52.8. The third-order valence-corrected chi connectivity index (χ3v) is 1.18. The fourth-order valence-corrected chi connectivity index (χ4v) is 0. The monoisotopic (exact) mass is 212 g/mol. The Morgan fingerprint density at radius 1 is 0.917 bits per heavy atom. The Hall–Kier alpha value is -0.220. The largest absolute Gasteiger partial charge is 0.502 e. The molecule has 0 bridgehead atoms. The minimum absolute atomic E-state index is 0. The van der Waals surface area contributed by atoms with Crippen molar-refractivity contribution in [1.82, 2.24) is 0 Å². The molecule has 2 nitrogen and oxygen atoms in total. The number of thiocarbonyl (C=S) groups is 2. The Morgan fingerprint density at radius 2 is 1.00 bits per heavy atom. The van der Waals surface area contributed by atoms with Crippen molar-refractivity contribution in [3.63, 3.8) is 0 Å². The first-order valence-corrected chi connectivity index (χ1v) is 3.79. The van der Waals surface area contributed by atoms with E-state index in [2.05, 4.69) is 24.4 Å². The van der Waals surface area contributed by atoms with Crippen LogP contribution in [0, 0.1) is 0 Å². The molecule has 0 aliphatic carbocycles. The van der Waals surface area contributed by atoms with Crippen LogP contribution < -0.4 is 0 Å². The highest BCUT2D eigenvalue weighted by Gasteiger charge is 1.74. The molecule has 0 fully saturated rings. The van der Waals surface area contributed by atoms with Crippen molar-refractivity contribution in [1.29, 1.82) is 0 Å². The van der Waals surface area contributed by atoms with E-state index in [0.717, 1.165) is 0 Å². The summed E-state index contributed by atoms with van der Waals surface area (Å²) in [4.78, 5) is 0. The lowest BCUT2D eigenvalue weighted by atomic mass is 10.5. The molecule has 0 amide bonds. The van der Waals surface area contributed by atoms with Gasteiger partial charge in [0.2, 0.25) is 0 Å². The first-order chi connectivity index (χ1) is 4.54. The standard InChI is InChI=1S/2C3H6OS.2CH4/c2*1-2-3(4)5;;/h2*2H2,1H3,(H,4,5);2*1H4. The van der Waals surface area contributed by atoms with Gasteiger partial charge in [0.25, 0.3) is 0 Å². The second kappa shape index (κ2) is 17.0. The quantitative estimate of drug-likeness (QED) is 0.682. The van der Waals surface area contributed by atoms with Crippen molar-refractivity contribution in [2.24, 2.45) is 0 Å². The molecule has 0 unspecified atom stereocenters. The predicted octanol–water partition coefficient (Wildman–Crippen LogP) is 3.84. The van der Waals surface area contributed by atoms with Gasteiger partial charge in [-0.15, -0.1) is 0 Å². The van der Waals surface area contributed by atoms with E-state index in [4.69, 9.17) is 10.2 Å². The summed E-state index contributed by atoms with van der Waals surface area (Å²) in [5, 5.41) is 16.4. The molecule has 12 heavy (non-hydrogen) atoms. The SMILES string of the molecule is C.C.CCC(O)=S.CCC(O)=S. The van der Waals surface area contributed by atoms with Crippen molar-refractivity contribution >= 4 is 34.5 Å². The molecule has 0 heterocycles. The normalized spacial score (nSPS) is 6.17. The highest BCUT2D eigenvalue weighted by molar-refractivity contribution is 7.80. The van der Waals surface area contributed by atoms with Crippen LogP contribution in [0.4, 0.5) is 0 Å². The molecule has 0 aromatic carbocycles. The zero-order valence-corrected chi connectivity index (χ0v) is 7.76. The van der Waals surface area contributed by atoms with Crippen molar-refractivity contribution in [3.8, 4) is 0 Å². The molecule has 76 valence electrons. The van der Waals surface area contributed by atoms with Crippen molar-refractivity contribution < 1.29 is 10.2 Å². The van der Waals surface area contributed by atoms with Crippen LogP contribution in [0.3, 0.4) is 0 Å². The zero-order chi connectivity index (χ0) is 8.57. The summed E-state index contributed by atoms with van der Waals surface area (Å²) in [6.07, 6.45) is 1.19. The Bertz CT molecular complexity index is 99.6. The van der Waals surface area contributed by atoms with Gasteiger partial charge in [0.1, 0.15) is 0 Å². The van der Waals surface area contributed by atoms with Crippen LogP contribution in [-0.2, 0) is 0 Å². The smallest absolute Gasteiger partial charge is 0.156 e. The molecule has 0 rings (SSSR count). The first kappa shape index (κ1) is 22.6. The number of hydrogen-bond donors (Lipinski definition) is 2. The van der Waals surface area contributed by atoms with Gasteiger partial charge in [-0.2, -0.15) is 0 Å². The molecule has 0 aliphatic rings. The van der Waals surface area contributed by atoms with Crippen LogP contribution in [0.2, 0.25) is 0 Å². The fourth-order valence-electron chi connectivity index (χ4n) is 0. The Kier molecular flexibility index (Phi) is 32.1. The summed E-state index contributed by atoms with van der Waals surface area (Å²) in [6, 6.07) is 0. The maximum absolute atomic E-state index is 8.09. The van der Waals surface area contributed by atoms with Gasteiger partial charge in [-0.25, -0.2) is 0 Å². The minimum atomic E-state index is 0. The molecule has 0 saturated carbocycles. The van der Waals surface area contributed by atoms with Crippen LogP contribution in [-0.4, -0.2) is 20.3 Å². The Morgan fingerprint density at radius 3 is 1.00 bits per heavy atom. The van der Waals surface area contributed by atoms with Crippen LogP contribution >= 0.6 is 24.4 Å². The fraction of sp³-hybridized carbons (Fsp3) is 0.750. The van der Waals surface area contributed by atoms with Crippen LogP contribution in [0.5, 0.6) is 0 Å². The van der Waals surface area contributed by atoms with Gasteiger partial charge < -0.3 is 10.2 Å². The maximum Gasteiger partial charge on any atom is 0.156 e. The molecular weight excluding hydrogens is 192 g/mol. The summed E-state index contributed by atoms with van der Waals surface area (Å²) >= 11 is 8.50. The van der Waals surface area contributed by atoms with Crippen molar-refractivity contribution in [2.45, 2.75) is 41.5 Å². The number of aliphatic hydroxyl groups excluding tert-OH is 2. The topological polar surface area (TPSA) is 40.5 Å². The summed E-state index contributed by atoms with van der Waals surface area (Å²) in [5.74, 6) is 0. The van der Waals surface area contributed by atoms with Crippen molar-refractivity contribution in [2.75, 3.05) is 0 Å². The van der Waals surface area contributed by atoms with Crippen LogP contribution in [0.15, 0.2) is 0 Å². The lowest BCUT2D eigenvalue weighted by Gasteiger charge is -1.76. The summed E-state index contributed by atoms with van der Waals surface area (Å²) in [5.41, 5.74) is 0. The van der Waals surface area contributed by atoms with E-state index in [9.17, 15) is 0 Å². The number of rotatable bonds is 2. The van der Waals surface area contributed by atoms with Gasteiger partial charge in [-0.05, 0) is 24.4 Å². The van der Waals surface area contributed by atoms with Crippen LogP contribution in [0.1, 0.15) is 41.5 Å². The van der Waals surface area contributed by atoms with E-state index in [1.807, 2.05) is 13.8 Å². The van der Waals surface area contributed by atoms with Crippen LogP contribution in [0.25, 0.3) is 0 Å². The molecule has 0 aliphatic heterocycles. The van der Waals surface area contributed by atoms with E-state index in [0.29, 0.717) is 12.8 Å². The third-order valence-electron chi connectivity index (χ3n) is 0.605. The second-order valence-electron chi connectivity index (χ2n) is 1.49. The lowest BCUT2D eigenvalue weighted by Crippen LogP contribution is -1.82. The predicted molar refractivity (Wildman–Crippen MR) is 64.5 cm³/mol. The highest BCUT2D eigenvalue weighted by atomic mass is 32.1. The number of hydrogen-bond acceptors (Lipinski definition) is 2. The molecule has 0 atom stereocenters. The molecule has 2 N–H and O–H groups in total. The number of aliphatic hydroxyl groups is 2. The van der Waals surface area contributed by atoms with Gasteiger partial charge in [0.15, 0.2) is 10.1 Å². The van der Waals surface area contributed by atoms with E-state index in [1.165, 1.54) is 0 Å². The summed E-state index contributed by atoms with van der Waals surface area (Å²) < 4.78 is 0. The Balaban J connectivity index is -0.0000000457. The van der Waals surface area contributed by atoms with Gasteiger partial charge in [-0.1, -0.05) is 28.7 Å². The van der Waals surface area contributed by atoms with E-state index < -0.39 is 0 Å². The Labute approximate surface area is 86.6 Å². The second-order valence-corrected chi connectivity index (χ2v) is 2.44. The van der Waals surface area contributed by atoms with Gasteiger partial charge >= 0.3 is 0 Å². The highest BCUT2D eigenvalue weighted by Crippen LogP contribution is 1.74. The molecule has 0 aromatic heterocycles. The molecule has 0 spiro atoms. The average Bonchev–Trinajstić information content (AvgIpc) is 1.89. The zero-order valence-electron chi connectivity index (χ0n) is 6.13. The van der Waals surface area contributed by atoms with Crippen molar-refractivity contribution in [3.05, 3.63) is 0 Å². The molecule has 0 radical (unpaired) electrons. The molecule has 4 heteroatoms. The molecule has 0 aromatic rings. The molecular formula is C8H20O2S2. The summed E-state index contributed by atoms with van der Waals surface area (Å²) in [7, 11) is 0. The van der Waals surface area contributed by atoms with E-state index >= 15 is 0 Å². The maximum atomic E-state index is 8.09. The average molecular weight is 212 g/mol. The van der Waals surface area contributed by atoms with Gasteiger partial charge in [0, 0.05) is 12.8 Å². The van der Waals surface area contributed by atoms with E-state index in [-0.39, 0.29) is 25.0 Å². The lowest BCUT2D eigenvalue weighted by molar-refractivity contribution is 0.552. The summed E-state index contributed by atoms with van der Waals surface area (Å²) in [6.45, 7) is 3.62. The first-order valence-electron chi connectivity index (χ1n) is 2.98. The van der Waals surface area contributed by atoms with Gasteiger partial charge in [-0.3, -0.25) is 0 Å².